The zero-order valence-electron chi connectivity index (χ0n) is 25.2. The molecule has 0 radical (unpaired) electrons. The summed E-state index contributed by atoms with van der Waals surface area (Å²) in [4.78, 5) is 40.7. The predicted molar refractivity (Wildman–Crippen MR) is 158 cm³/mol. The van der Waals surface area contributed by atoms with Crippen LogP contribution < -0.4 is 5.32 Å². The molecule has 0 aromatic heterocycles. The van der Waals surface area contributed by atoms with E-state index in [0.717, 1.165) is 50.7 Å². The standard InChI is InChI=1S/C32H41N3O8/c1-30-12-9-21(17-20(30)6-7-22-23(30)10-13-31(2)24(22)11-14-32(31,3)39)34-43-18-28(37)33-25(29(38)42-4)15-19-5-8-27(36)26(16-19)35(40)41/h5,8-9,12,16-17,22-25,36,39H,6-7,10-11,13-15,18H2,1-4H3,(H,33,37)/b34-21-/t22-,23+,24-,25+,30+,31+,32+/m1/s1. The van der Waals surface area contributed by atoms with E-state index in [2.05, 4.69) is 36.5 Å². The molecule has 0 aliphatic heterocycles. The average molecular weight is 596 g/mol. The summed E-state index contributed by atoms with van der Waals surface area (Å²) in [5.41, 5.74) is 1.08. The van der Waals surface area contributed by atoms with Crippen LogP contribution in [0.1, 0.15) is 64.9 Å². The van der Waals surface area contributed by atoms with E-state index in [-0.39, 0.29) is 17.3 Å². The van der Waals surface area contributed by atoms with Crippen LogP contribution >= 0.6 is 0 Å². The van der Waals surface area contributed by atoms with Crippen LogP contribution in [0.3, 0.4) is 0 Å². The Bertz CT molecular complexity index is 1400. The number of fused-ring (bicyclic) bond motifs is 5. The normalized spacial score (nSPS) is 34.3. The lowest BCUT2D eigenvalue weighted by molar-refractivity contribution is -0.385. The number of nitro groups is 1. The topological polar surface area (TPSA) is 161 Å². The lowest BCUT2D eigenvalue weighted by Gasteiger charge is -2.58. The number of methoxy groups -OCH3 is 1. The van der Waals surface area contributed by atoms with E-state index in [1.54, 1.807) is 0 Å². The number of aromatic hydroxyl groups is 1. The Balaban J connectivity index is 1.20. The summed E-state index contributed by atoms with van der Waals surface area (Å²) >= 11 is 0. The van der Waals surface area contributed by atoms with Crippen molar-refractivity contribution < 1.29 is 34.3 Å². The van der Waals surface area contributed by atoms with Crippen molar-refractivity contribution in [3.8, 4) is 5.75 Å². The van der Waals surface area contributed by atoms with Gasteiger partial charge in [-0.2, -0.15) is 0 Å². The van der Waals surface area contributed by atoms with Crippen molar-refractivity contribution in [3.05, 3.63) is 57.7 Å². The molecule has 0 heterocycles. The first-order chi connectivity index (χ1) is 20.3. The Morgan fingerprint density at radius 1 is 1.19 bits per heavy atom. The van der Waals surface area contributed by atoms with E-state index < -0.39 is 46.5 Å². The summed E-state index contributed by atoms with van der Waals surface area (Å²) < 4.78 is 4.79. The molecule has 5 rings (SSSR count). The fraction of sp³-hybridized carbons (Fsp3) is 0.594. The second kappa shape index (κ2) is 11.4. The number of hydrogen-bond acceptors (Lipinski definition) is 9. The Labute approximate surface area is 251 Å². The highest BCUT2D eigenvalue weighted by molar-refractivity contribution is 6.05. The summed E-state index contributed by atoms with van der Waals surface area (Å²) in [6, 6.07) is 2.62. The number of carbonyl (C=O) groups excluding carboxylic acids is 2. The van der Waals surface area contributed by atoms with Gasteiger partial charge in [-0.15, -0.1) is 0 Å². The smallest absolute Gasteiger partial charge is 0.328 e. The molecule has 0 unspecified atom stereocenters. The number of benzene rings is 1. The molecular weight excluding hydrogens is 554 g/mol. The number of hydrogen-bond donors (Lipinski definition) is 3. The summed E-state index contributed by atoms with van der Waals surface area (Å²) in [5, 5.41) is 38.7. The number of rotatable bonds is 8. The van der Waals surface area contributed by atoms with Crippen LogP contribution in [0.25, 0.3) is 0 Å². The fourth-order valence-corrected chi connectivity index (χ4v) is 8.32. The van der Waals surface area contributed by atoms with Gasteiger partial charge >= 0.3 is 11.7 Å². The first-order valence-corrected chi connectivity index (χ1v) is 14.9. The molecule has 4 aliphatic rings. The number of nitrogens with one attached hydrogen (secondary N) is 1. The van der Waals surface area contributed by atoms with Crippen LogP contribution in [0.5, 0.6) is 5.75 Å². The van der Waals surface area contributed by atoms with Crippen molar-refractivity contribution in [3.63, 3.8) is 0 Å². The van der Waals surface area contributed by atoms with E-state index in [1.165, 1.54) is 18.7 Å². The molecule has 4 aliphatic carbocycles. The number of aliphatic hydroxyl groups is 1. The molecule has 7 atom stereocenters. The SMILES string of the molecule is COC(=O)[C@H](Cc1ccc(O)c([N+](=O)[O-])c1)NC(=O)CO/N=C1/C=C[C@@]2(C)C(=C1)CC[C@H]1[C@H]3CC[C@](C)(O)[C@@]3(C)CC[C@@H]12. The minimum absolute atomic E-state index is 0.0277. The summed E-state index contributed by atoms with van der Waals surface area (Å²) in [6.45, 7) is 6.18. The fourth-order valence-electron chi connectivity index (χ4n) is 8.32. The van der Waals surface area contributed by atoms with Gasteiger partial charge < -0.3 is 25.1 Å². The van der Waals surface area contributed by atoms with Gasteiger partial charge in [0, 0.05) is 17.9 Å². The summed E-state index contributed by atoms with van der Waals surface area (Å²) in [5.74, 6) is -0.214. The number of amides is 1. The highest BCUT2D eigenvalue weighted by atomic mass is 16.6. The first kappa shape index (κ1) is 30.7. The van der Waals surface area contributed by atoms with Crippen molar-refractivity contribution in [2.45, 2.75) is 77.4 Å². The molecule has 232 valence electrons. The molecule has 0 saturated heterocycles. The van der Waals surface area contributed by atoms with E-state index >= 15 is 0 Å². The Morgan fingerprint density at radius 3 is 2.65 bits per heavy atom. The zero-order valence-corrected chi connectivity index (χ0v) is 25.2. The van der Waals surface area contributed by atoms with Crippen LogP contribution in [0.4, 0.5) is 5.69 Å². The molecule has 3 fully saturated rings. The molecule has 43 heavy (non-hydrogen) atoms. The molecule has 3 N–H and O–H groups in total. The minimum Gasteiger partial charge on any atom is -0.502 e. The van der Waals surface area contributed by atoms with E-state index in [0.29, 0.717) is 29.0 Å². The molecule has 11 nitrogen and oxygen atoms in total. The van der Waals surface area contributed by atoms with Crippen molar-refractivity contribution in [2.75, 3.05) is 13.7 Å². The molecule has 1 aromatic rings. The molecule has 1 amide bonds. The van der Waals surface area contributed by atoms with Crippen molar-refractivity contribution in [1.29, 1.82) is 0 Å². The largest absolute Gasteiger partial charge is 0.502 e. The Hall–Kier alpha value is -3.73. The van der Waals surface area contributed by atoms with Gasteiger partial charge in [0.1, 0.15) is 11.8 Å². The summed E-state index contributed by atoms with van der Waals surface area (Å²) in [6.07, 6.45) is 12.2. The molecule has 0 spiro atoms. The maximum atomic E-state index is 12.6. The van der Waals surface area contributed by atoms with Crippen molar-refractivity contribution in [2.24, 2.45) is 33.7 Å². The van der Waals surface area contributed by atoms with Gasteiger partial charge in [-0.3, -0.25) is 14.9 Å². The quantitative estimate of drug-likeness (QED) is 0.227. The lowest BCUT2D eigenvalue weighted by Crippen LogP contribution is -2.53. The number of phenolic OH excluding ortho intramolecular Hbond substituents is 1. The highest BCUT2D eigenvalue weighted by Crippen LogP contribution is 2.66. The first-order valence-electron chi connectivity index (χ1n) is 14.9. The minimum atomic E-state index is -1.12. The molecule has 0 bridgehead atoms. The van der Waals surface area contributed by atoms with Crippen LogP contribution in [0.15, 0.2) is 47.2 Å². The number of phenols is 1. The number of allylic oxidation sites excluding steroid dienone is 4. The van der Waals surface area contributed by atoms with Crippen LogP contribution in [-0.4, -0.2) is 58.1 Å². The van der Waals surface area contributed by atoms with Crippen molar-refractivity contribution in [1.82, 2.24) is 5.32 Å². The Morgan fingerprint density at radius 2 is 1.93 bits per heavy atom. The molecule has 11 heteroatoms. The third kappa shape index (κ3) is 5.55. The third-order valence-corrected chi connectivity index (χ3v) is 11.0. The Kier molecular flexibility index (Phi) is 8.15. The van der Waals surface area contributed by atoms with Gasteiger partial charge in [0.25, 0.3) is 5.91 Å². The number of oxime groups is 1. The van der Waals surface area contributed by atoms with Gasteiger partial charge in [-0.25, -0.2) is 4.79 Å². The average Bonchev–Trinajstić information content (AvgIpc) is 3.21. The van der Waals surface area contributed by atoms with E-state index in [1.807, 2.05) is 13.0 Å². The van der Waals surface area contributed by atoms with E-state index in [9.17, 15) is 29.9 Å². The number of nitrogens with zero attached hydrogens (tertiary/aromatic N) is 2. The third-order valence-electron chi connectivity index (χ3n) is 11.0. The number of nitro benzene ring substituents is 1. The molecule has 3 saturated carbocycles. The number of ether oxygens (including phenoxy) is 1. The summed E-state index contributed by atoms with van der Waals surface area (Å²) in [7, 11) is 1.18. The monoisotopic (exact) mass is 595 g/mol. The maximum Gasteiger partial charge on any atom is 0.328 e. The van der Waals surface area contributed by atoms with Gasteiger partial charge in [-0.1, -0.05) is 36.7 Å². The maximum absolute atomic E-state index is 12.6. The highest BCUT2D eigenvalue weighted by Gasteiger charge is 2.62. The number of esters is 1. The van der Waals surface area contributed by atoms with Gasteiger partial charge in [0.05, 0.1) is 17.6 Å². The van der Waals surface area contributed by atoms with Gasteiger partial charge in [0.15, 0.2) is 12.4 Å². The molecular formula is C32H41N3O8. The van der Waals surface area contributed by atoms with Crippen molar-refractivity contribution >= 4 is 23.3 Å². The number of carbonyl (C=O) groups is 2. The van der Waals surface area contributed by atoms with Gasteiger partial charge in [-0.05, 0) is 92.4 Å². The van der Waals surface area contributed by atoms with Crippen LogP contribution in [-0.2, 0) is 25.6 Å². The second-order valence-corrected chi connectivity index (χ2v) is 13.2. The lowest BCUT2D eigenvalue weighted by atomic mass is 9.47. The molecule has 1 aromatic carbocycles. The second-order valence-electron chi connectivity index (χ2n) is 13.2. The van der Waals surface area contributed by atoms with Crippen LogP contribution in [0.2, 0.25) is 0 Å². The predicted octanol–water partition coefficient (Wildman–Crippen LogP) is 4.36. The zero-order chi connectivity index (χ0) is 31.2. The van der Waals surface area contributed by atoms with E-state index in [4.69, 9.17) is 9.57 Å². The van der Waals surface area contributed by atoms with Crippen LogP contribution in [0, 0.1) is 38.7 Å². The van der Waals surface area contributed by atoms with Gasteiger partial charge in [0.2, 0.25) is 0 Å².